The Balaban J connectivity index is 1.70. The summed E-state index contributed by atoms with van der Waals surface area (Å²) in [5.74, 6) is -1.66. The van der Waals surface area contributed by atoms with Gasteiger partial charge in [0.15, 0.2) is 0 Å². The molecule has 8 nitrogen and oxygen atoms in total. The summed E-state index contributed by atoms with van der Waals surface area (Å²) in [5.41, 5.74) is -1.80. The van der Waals surface area contributed by atoms with Crippen molar-refractivity contribution in [3.8, 4) is 0 Å². The number of hydrogen-bond donors (Lipinski definition) is 1. The van der Waals surface area contributed by atoms with Gasteiger partial charge < -0.3 is 14.2 Å². The topological polar surface area (TPSA) is 116 Å². The number of carbonyl (C=O) groups excluding carboxylic acids is 2. The predicted octanol–water partition coefficient (Wildman–Crippen LogP) is 2.22. The molecule has 3 unspecified atom stereocenters. The van der Waals surface area contributed by atoms with Crippen LogP contribution in [0.3, 0.4) is 0 Å². The molecule has 0 aromatic heterocycles. The van der Waals surface area contributed by atoms with E-state index in [9.17, 15) is 40.0 Å². The first-order valence-corrected chi connectivity index (χ1v) is 10.4. The first-order chi connectivity index (χ1) is 13.6. The molecule has 4 fully saturated rings. The summed E-state index contributed by atoms with van der Waals surface area (Å²) in [4.78, 5) is 22.7. The Bertz CT molecular complexity index is 797. The Hall–Kier alpha value is -1.54. The van der Waals surface area contributed by atoms with Crippen molar-refractivity contribution in [1.29, 1.82) is 0 Å². The number of alkyl halides is 5. The van der Waals surface area contributed by atoms with Crippen LogP contribution in [0.5, 0.6) is 0 Å². The van der Waals surface area contributed by atoms with Crippen LogP contribution < -0.4 is 0 Å². The second-order valence-corrected chi connectivity index (χ2v) is 9.77. The SMILES string of the molecule is O=COC12CC3CC(C1)CC(OCC(=O)OC(C(F)(F)F)C(F)(F)S(=O)(=O)O)(C3)C2. The highest BCUT2D eigenvalue weighted by Crippen LogP contribution is 2.60. The van der Waals surface area contributed by atoms with Crippen molar-refractivity contribution in [1.82, 2.24) is 0 Å². The zero-order valence-electron chi connectivity index (χ0n) is 15.4. The Labute approximate surface area is 167 Å². The van der Waals surface area contributed by atoms with E-state index in [4.69, 9.17) is 14.0 Å². The average Bonchev–Trinajstić information content (AvgIpc) is 2.54. The Kier molecular flexibility index (Phi) is 5.60. The fourth-order valence-electron chi connectivity index (χ4n) is 5.34. The summed E-state index contributed by atoms with van der Waals surface area (Å²) in [6.07, 6.45) is -7.26. The number of rotatable bonds is 8. The minimum atomic E-state index is -6.52. The Morgan fingerprint density at radius 2 is 1.63 bits per heavy atom. The lowest BCUT2D eigenvalue weighted by molar-refractivity contribution is -0.265. The normalized spacial score (nSPS) is 34.5. The molecule has 0 spiro atoms. The number of esters is 1. The van der Waals surface area contributed by atoms with Gasteiger partial charge in [0.2, 0.25) is 0 Å². The van der Waals surface area contributed by atoms with Crippen molar-refractivity contribution in [2.75, 3.05) is 6.61 Å². The average molecular weight is 466 g/mol. The van der Waals surface area contributed by atoms with Crippen molar-refractivity contribution in [2.24, 2.45) is 11.8 Å². The van der Waals surface area contributed by atoms with Gasteiger partial charge >= 0.3 is 27.5 Å². The highest BCUT2D eigenvalue weighted by Gasteiger charge is 2.66. The molecule has 0 aliphatic heterocycles. The molecule has 14 heteroatoms. The molecule has 0 aromatic carbocycles. The molecular weight excluding hydrogens is 447 g/mol. The lowest BCUT2D eigenvalue weighted by Crippen LogP contribution is -2.61. The zero-order valence-corrected chi connectivity index (χ0v) is 16.2. The van der Waals surface area contributed by atoms with Gasteiger partial charge in [-0.3, -0.25) is 9.35 Å². The van der Waals surface area contributed by atoms with Crippen molar-refractivity contribution < 1.29 is 58.7 Å². The van der Waals surface area contributed by atoms with E-state index in [1.807, 2.05) is 0 Å². The molecule has 4 aliphatic carbocycles. The third kappa shape index (κ3) is 4.26. The maximum absolute atomic E-state index is 13.5. The van der Waals surface area contributed by atoms with Gasteiger partial charge in [-0.25, -0.2) is 4.79 Å². The van der Waals surface area contributed by atoms with Gasteiger partial charge in [-0.15, -0.1) is 0 Å². The van der Waals surface area contributed by atoms with Crippen LogP contribution >= 0.6 is 0 Å². The number of halogens is 5. The van der Waals surface area contributed by atoms with Crippen LogP contribution in [0.25, 0.3) is 0 Å². The lowest BCUT2D eigenvalue weighted by Gasteiger charge is -2.60. The molecule has 30 heavy (non-hydrogen) atoms. The fraction of sp³-hybridized carbons (Fsp3) is 0.875. The van der Waals surface area contributed by atoms with E-state index >= 15 is 0 Å². The molecule has 4 rings (SSSR count). The molecule has 0 heterocycles. The summed E-state index contributed by atoms with van der Waals surface area (Å²) in [6, 6.07) is 0. The standard InChI is InChI=1S/C16H19F5O8S/c17-15(18,19)12(16(20,21)30(24,25)26)29-11(23)6-27-13-2-9-1-10(3-13)5-14(4-9,7-13)28-8-22/h8-10,12H,1-7H2,(H,24,25,26). The molecule has 172 valence electrons. The predicted molar refractivity (Wildman–Crippen MR) is 85.7 cm³/mol. The lowest BCUT2D eigenvalue weighted by atomic mass is 9.52. The van der Waals surface area contributed by atoms with Gasteiger partial charge in [-0.2, -0.15) is 30.4 Å². The summed E-state index contributed by atoms with van der Waals surface area (Å²) in [5, 5.41) is -5.80. The van der Waals surface area contributed by atoms with Crippen LogP contribution in [0.4, 0.5) is 22.0 Å². The van der Waals surface area contributed by atoms with E-state index < -0.39 is 51.4 Å². The molecule has 4 saturated carbocycles. The van der Waals surface area contributed by atoms with E-state index in [0.717, 1.165) is 6.42 Å². The summed E-state index contributed by atoms with van der Waals surface area (Å²) in [6.45, 7) is -0.842. The van der Waals surface area contributed by atoms with Gasteiger partial charge in [0, 0.05) is 6.42 Å². The largest absolute Gasteiger partial charge is 0.461 e. The summed E-state index contributed by atoms with van der Waals surface area (Å²) in [7, 11) is -6.52. The van der Waals surface area contributed by atoms with Gasteiger partial charge in [0.1, 0.15) is 12.2 Å². The number of hydrogen-bond acceptors (Lipinski definition) is 7. The van der Waals surface area contributed by atoms with Crippen molar-refractivity contribution in [3.05, 3.63) is 0 Å². The fourth-order valence-corrected chi connectivity index (χ4v) is 5.80. The maximum Gasteiger partial charge on any atom is 0.432 e. The molecule has 0 radical (unpaired) electrons. The minimum absolute atomic E-state index is 0.106. The van der Waals surface area contributed by atoms with Crippen LogP contribution in [-0.2, 0) is 33.9 Å². The maximum atomic E-state index is 13.5. The Morgan fingerprint density at radius 3 is 2.10 bits per heavy atom. The molecule has 1 N–H and O–H groups in total. The van der Waals surface area contributed by atoms with Gasteiger partial charge in [-0.1, -0.05) is 0 Å². The van der Waals surface area contributed by atoms with E-state index in [2.05, 4.69) is 4.74 Å². The molecule has 0 saturated heterocycles. The van der Waals surface area contributed by atoms with E-state index in [0.29, 0.717) is 32.2 Å². The minimum Gasteiger partial charge on any atom is -0.461 e. The number of carbonyl (C=O) groups is 2. The van der Waals surface area contributed by atoms with Crippen LogP contribution in [-0.4, -0.2) is 60.8 Å². The molecule has 4 aliphatic rings. The molecule has 0 amide bonds. The third-order valence-electron chi connectivity index (χ3n) is 5.94. The van der Waals surface area contributed by atoms with Crippen LogP contribution in [0.15, 0.2) is 0 Å². The smallest absolute Gasteiger partial charge is 0.432 e. The van der Waals surface area contributed by atoms with Crippen molar-refractivity contribution in [3.63, 3.8) is 0 Å². The quantitative estimate of drug-likeness (QED) is 0.251. The number of ether oxygens (including phenoxy) is 3. The van der Waals surface area contributed by atoms with Crippen LogP contribution in [0.1, 0.15) is 38.5 Å². The van der Waals surface area contributed by atoms with Gasteiger partial charge in [0.25, 0.3) is 12.6 Å². The highest BCUT2D eigenvalue weighted by atomic mass is 32.2. The second kappa shape index (κ2) is 7.26. The zero-order chi connectivity index (χ0) is 22.6. The Morgan fingerprint density at radius 1 is 1.10 bits per heavy atom. The third-order valence-corrected chi connectivity index (χ3v) is 6.85. The van der Waals surface area contributed by atoms with Crippen LogP contribution in [0.2, 0.25) is 0 Å². The van der Waals surface area contributed by atoms with Gasteiger partial charge in [-0.05, 0) is 43.9 Å². The first-order valence-electron chi connectivity index (χ1n) is 8.98. The molecule has 3 atom stereocenters. The van der Waals surface area contributed by atoms with E-state index in [-0.39, 0.29) is 18.3 Å². The van der Waals surface area contributed by atoms with E-state index in [1.54, 1.807) is 0 Å². The summed E-state index contributed by atoms with van der Waals surface area (Å²) >= 11 is 0. The van der Waals surface area contributed by atoms with Crippen molar-refractivity contribution in [2.45, 2.75) is 67.3 Å². The molecule has 4 bridgehead atoms. The second-order valence-electron chi connectivity index (χ2n) is 8.28. The summed E-state index contributed by atoms with van der Waals surface area (Å²) < 4.78 is 110. The van der Waals surface area contributed by atoms with E-state index in [1.165, 1.54) is 0 Å². The van der Waals surface area contributed by atoms with Crippen molar-refractivity contribution >= 4 is 22.6 Å². The van der Waals surface area contributed by atoms with Gasteiger partial charge in [0.05, 0.1) is 5.60 Å². The highest BCUT2D eigenvalue weighted by molar-refractivity contribution is 7.86. The van der Waals surface area contributed by atoms with Crippen LogP contribution in [0, 0.1) is 11.8 Å². The molecular formula is C16H19F5O8S. The molecule has 0 aromatic rings. The monoisotopic (exact) mass is 466 g/mol. The first kappa shape index (κ1) is 23.1.